The molecule has 0 bridgehead atoms. The predicted molar refractivity (Wildman–Crippen MR) is 81.0 cm³/mol. The Morgan fingerprint density at radius 1 is 1.19 bits per heavy atom. The molecule has 0 unspecified atom stereocenters. The lowest BCUT2D eigenvalue weighted by molar-refractivity contribution is -0.165. The van der Waals surface area contributed by atoms with E-state index in [-0.39, 0.29) is 12.2 Å². The van der Waals surface area contributed by atoms with Crippen LogP contribution in [-0.4, -0.2) is 37.9 Å². The lowest BCUT2D eigenvalue weighted by Gasteiger charge is -2.16. The zero-order chi connectivity index (χ0) is 15.7. The number of rotatable bonds is 9. The average molecular weight is 312 g/mol. The zero-order valence-corrected chi connectivity index (χ0v) is 13.3. The highest BCUT2D eigenvalue weighted by Gasteiger charge is 2.28. The molecule has 0 spiro atoms. The summed E-state index contributed by atoms with van der Waals surface area (Å²) in [6.45, 7) is 6.02. The summed E-state index contributed by atoms with van der Waals surface area (Å²) >= 11 is 1.42. The molecule has 0 radical (unpaired) electrons. The van der Waals surface area contributed by atoms with Gasteiger partial charge in [0.15, 0.2) is 0 Å². The lowest BCUT2D eigenvalue weighted by atomic mass is 10.1. The van der Waals surface area contributed by atoms with E-state index in [9.17, 15) is 9.59 Å². The van der Waals surface area contributed by atoms with E-state index in [2.05, 4.69) is 0 Å². The van der Waals surface area contributed by atoms with Crippen LogP contribution in [0, 0.1) is 0 Å². The van der Waals surface area contributed by atoms with Gasteiger partial charge in [0.1, 0.15) is 5.57 Å². The Balaban J connectivity index is 3.04. The van der Waals surface area contributed by atoms with Gasteiger partial charge >= 0.3 is 5.97 Å². The van der Waals surface area contributed by atoms with Crippen LogP contribution in [0.5, 0.6) is 0 Å². The number of hydrogen-bond donors (Lipinski definition) is 0. The summed E-state index contributed by atoms with van der Waals surface area (Å²) in [7, 11) is 0. The smallest absolute Gasteiger partial charge is 0.342 e. The molecule has 0 aromatic carbocycles. The van der Waals surface area contributed by atoms with Gasteiger partial charge < -0.3 is 14.2 Å². The molecule has 0 fully saturated rings. The van der Waals surface area contributed by atoms with E-state index in [0.29, 0.717) is 13.2 Å². The SMILES string of the molecule is CCOC(=O)C(=Cc1cccs1)C(=O)C(OCC)OCC. The second-order valence-electron chi connectivity index (χ2n) is 3.90. The molecular formula is C15H20O5S. The van der Waals surface area contributed by atoms with Gasteiger partial charge in [0, 0.05) is 18.1 Å². The van der Waals surface area contributed by atoms with Crippen molar-refractivity contribution in [3.8, 4) is 0 Å². The van der Waals surface area contributed by atoms with Gasteiger partial charge in [0.2, 0.25) is 12.1 Å². The van der Waals surface area contributed by atoms with Gasteiger partial charge in [-0.15, -0.1) is 11.3 Å². The van der Waals surface area contributed by atoms with E-state index >= 15 is 0 Å². The van der Waals surface area contributed by atoms with Gasteiger partial charge in [-0.25, -0.2) is 4.79 Å². The van der Waals surface area contributed by atoms with Gasteiger partial charge in [-0.2, -0.15) is 0 Å². The molecule has 0 aliphatic heterocycles. The Labute approximate surface area is 128 Å². The summed E-state index contributed by atoms with van der Waals surface area (Å²) in [6.07, 6.45) is 0.423. The fraction of sp³-hybridized carbons (Fsp3) is 0.467. The number of carbonyl (C=O) groups is 2. The molecule has 116 valence electrons. The molecule has 1 heterocycles. The van der Waals surface area contributed by atoms with E-state index in [4.69, 9.17) is 14.2 Å². The average Bonchev–Trinajstić information content (AvgIpc) is 2.97. The van der Waals surface area contributed by atoms with Crippen molar-refractivity contribution in [1.82, 2.24) is 0 Å². The van der Waals surface area contributed by atoms with Crippen molar-refractivity contribution in [2.45, 2.75) is 27.1 Å². The third-order valence-corrected chi connectivity index (χ3v) is 3.26. The van der Waals surface area contributed by atoms with E-state index in [1.807, 2.05) is 17.5 Å². The maximum atomic E-state index is 12.5. The van der Waals surface area contributed by atoms with Crippen LogP contribution < -0.4 is 0 Å². The molecule has 6 heteroatoms. The third kappa shape index (κ3) is 5.41. The van der Waals surface area contributed by atoms with E-state index < -0.39 is 18.0 Å². The Bertz CT molecular complexity index is 472. The van der Waals surface area contributed by atoms with E-state index in [1.165, 1.54) is 17.4 Å². The Morgan fingerprint density at radius 2 is 1.86 bits per heavy atom. The number of Topliss-reactive ketones (excluding diaryl/α,β-unsaturated/α-hetero) is 1. The summed E-state index contributed by atoms with van der Waals surface area (Å²) in [6, 6.07) is 3.65. The molecule has 1 rings (SSSR count). The fourth-order valence-corrected chi connectivity index (χ4v) is 2.24. The van der Waals surface area contributed by atoms with Crippen LogP contribution in [0.25, 0.3) is 6.08 Å². The topological polar surface area (TPSA) is 61.8 Å². The van der Waals surface area contributed by atoms with Crippen LogP contribution >= 0.6 is 11.3 Å². The maximum Gasteiger partial charge on any atom is 0.342 e. The van der Waals surface area contributed by atoms with Crippen LogP contribution in [0.2, 0.25) is 0 Å². The normalized spacial score (nSPS) is 11.7. The lowest BCUT2D eigenvalue weighted by Crippen LogP contribution is -2.32. The Hall–Kier alpha value is -1.50. The molecule has 0 amide bonds. The Kier molecular flexibility index (Phi) is 7.89. The van der Waals surface area contributed by atoms with Crippen molar-refractivity contribution < 1.29 is 23.8 Å². The van der Waals surface area contributed by atoms with Gasteiger partial charge in [-0.05, 0) is 38.3 Å². The first-order valence-electron chi connectivity index (χ1n) is 6.83. The van der Waals surface area contributed by atoms with Gasteiger partial charge in [0.25, 0.3) is 0 Å². The minimum Gasteiger partial charge on any atom is -0.462 e. The molecule has 0 atom stereocenters. The van der Waals surface area contributed by atoms with Crippen molar-refractivity contribution in [2.24, 2.45) is 0 Å². The first-order chi connectivity index (χ1) is 10.1. The van der Waals surface area contributed by atoms with Crippen LogP contribution in [0.15, 0.2) is 23.1 Å². The quantitative estimate of drug-likeness (QED) is 0.231. The zero-order valence-electron chi connectivity index (χ0n) is 12.5. The number of ketones is 1. The fourth-order valence-electron chi connectivity index (χ4n) is 1.58. The summed E-state index contributed by atoms with van der Waals surface area (Å²) in [5, 5.41) is 1.86. The van der Waals surface area contributed by atoms with Gasteiger partial charge in [0.05, 0.1) is 6.61 Å². The van der Waals surface area contributed by atoms with Crippen molar-refractivity contribution in [3.63, 3.8) is 0 Å². The number of thiophene rings is 1. The Morgan fingerprint density at radius 3 is 2.33 bits per heavy atom. The molecule has 1 aromatic heterocycles. The molecule has 0 aliphatic rings. The van der Waals surface area contributed by atoms with Crippen LogP contribution in [0.3, 0.4) is 0 Å². The number of esters is 1. The monoisotopic (exact) mass is 312 g/mol. The molecule has 5 nitrogen and oxygen atoms in total. The highest BCUT2D eigenvalue weighted by atomic mass is 32.1. The first-order valence-corrected chi connectivity index (χ1v) is 7.71. The minimum absolute atomic E-state index is 0.0637. The second-order valence-corrected chi connectivity index (χ2v) is 4.88. The summed E-state index contributed by atoms with van der Waals surface area (Å²) in [5.41, 5.74) is -0.0637. The minimum atomic E-state index is -1.09. The van der Waals surface area contributed by atoms with Gasteiger partial charge in [-0.1, -0.05) is 6.07 Å². The highest BCUT2D eigenvalue weighted by Crippen LogP contribution is 2.17. The predicted octanol–water partition coefficient (Wildman–Crippen LogP) is 2.66. The molecular weight excluding hydrogens is 292 g/mol. The third-order valence-electron chi connectivity index (χ3n) is 2.44. The summed E-state index contributed by atoms with van der Waals surface area (Å²) in [4.78, 5) is 25.2. The number of carbonyl (C=O) groups excluding carboxylic acids is 2. The molecule has 1 aromatic rings. The molecule has 21 heavy (non-hydrogen) atoms. The van der Waals surface area contributed by atoms with Gasteiger partial charge in [-0.3, -0.25) is 4.79 Å². The van der Waals surface area contributed by atoms with E-state index in [1.54, 1.807) is 20.8 Å². The molecule has 0 N–H and O–H groups in total. The molecule has 0 saturated carbocycles. The van der Waals surface area contributed by atoms with Crippen molar-refractivity contribution >= 4 is 29.2 Å². The van der Waals surface area contributed by atoms with Crippen LogP contribution in [-0.2, 0) is 23.8 Å². The van der Waals surface area contributed by atoms with Crippen molar-refractivity contribution in [2.75, 3.05) is 19.8 Å². The van der Waals surface area contributed by atoms with Crippen molar-refractivity contribution in [1.29, 1.82) is 0 Å². The number of ether oxygens (including phenoxy) is 3. The number of hydrogen-bond acceptors (Lipinski definition) is 6. The standard InChI is InChI=1S/C15H20O5S/c1-4-18-14(17)12(10-11-8-7-9-21-11)13(16)15(19-5-2)20-6-3/h7-10,15H,4-6H2,1-3H3. The van der Waals surface area contributed by atoms with E-state index in [0.717, 1.165) is 4.88 Å². The van der Waals surface area contributed by atoms with Crippen LogP contribution in [0.1, 0.15) is 25.6 Å². The summed E-state index contributed by atoms with van der Waals surface area (Å²) < 4.78 is 15.5. The van der Waals surface area contributed by atoms with Crippen LogP contribution in [0.4, 0.5) is 0 Å². The highest BCUT2D eigenvalue weighted by molar-refractivity contribution is 7.10. The van der Waals surface area contributed by atoms with Crippen molar-refractivity contribution in [3.05, 3.63) is 28.0 Å². The maximum absolute atomic E-state index is 12.5. The molecule has 0 saturated heterocycles. The second kappa shape index (κ2) is 9.44. The molecule has 0 aliphatic carbocycles. The largest absolute Gasteiger partial charge is 0.462 e. The first kappa shape index (κ1) is 17.6. The summed E-state index contributed by atoms with van der Waals surface area (Å²) in [5.74, 6) is -1.19.